The first kappa shape index (κ1) is 31.6. The van der Waals surface area contributed by atoms with Gasteiger partial charge in [-0.2, -0.15) is 0 Å². The summed E-state index contributed by atoms with van der Waals surface area (Å²) >= 11 is 0. The van der Waals surface area contributed by atoms with Crippen LogP contribution >= 0.6 is 0 Å². The molecular weight excluding hydrogens is 545 g/mol. The van der Waals surface area contributed by atoms with Crippen molar-refractivity contribution in [2.45, 2.75) is 64.1 Å². The predicted molar refractivity (Wildman–Crippen MR) is 158 cm³/mol. The Morgan fingerprint density at radius 3 is 2.05 bits per heavy atom. The second kappa shape index (κ2) is 13.2. The summed E-state index contributed by atoms with van der Waals surface area (Å²) in [6, 6.07) is 17.3. The molecule has 2 amide bonds. The number of carbonyl (C=O) groups is 2. The van der Waals surface area contributed by atoms with Crippen LogP contribution in [0.25, 0.3) is 0 Å². The highest BCUT2D eigenvalue weighted by Crippen LogP contribution is 2.26. The molecule has 0 saturated carbocycles. The molecule has 0 radical (unpaired) electrons. The van der Waals surface area contributed by atoms with Crippen LogP contribution in [0.3, 0.4) is 0 Å². The third-order valence-corrected chi connectivity index (χ3v) is 8.19. The summed E-state index contributed by atoms with van der Waals surface area (Å²) < 4.78 is 47.6. The summed E-state index contributed by atoms with van der Waals surface area (Å²) in [5.74, 6) is -1.00. The van der Waals surface area contributed by atoms with E-state index < -0.39 is 39.9 Å². The number of carbonyl (C=O) groups excluding carboxylic acids is 2. The van der Waals surface area contributed by atoms with Gasteiger partial charge < -0.3 is 15.0 Å². The number of aryl methyl sites for hydroxylation is 1. The van der Waals surface area contributed by atoms with Gasteiger partial charge in [0, 0.05) is 12.1 Å². The number of halogens is 1. The van der Waals surface area contributed by atoms with Crippen molar-refractivity contribution < 1.29 is 27.1 Å². The number of hydrogen-bond acceptors (Lipinski definition) is 5. The van der Waals surface area contributed by atoms with E-state index in [9.17, 15) is 22.4 Å². The van der Waals surface area contributed by atoms with Gasteiger partial charge in [0.1, 0.15) is 24.2 Å². The summed E-state index contributed by atoms with van der Waals surface area (Å²) in [5.41, 5.74) is 1.40. The molecule has 10 heteroatoms. The average molecular weight is 584 g/mol. The van der Waals surface area contributed by atoms with E-state index in [0.29, 0.717) is 12.2 Å². The van der Waals surface area contributed by atoms with Crippen molar-refractivity contribution in [2.75, 3.05) is 18.0 Å². The molecule has 3 aromatic carbocycles. The summed E-state index contributed by atoms with van der Waals surface area (Å²) in [6.07, 6.45) is 0.307. The van der Waals surface area contributed by atoms with Gasteiger partial charge in [-0.25, -0.2) is 12.8 Å². The van der Waals surface area contributed by atoms with Crippen molar-refractivity contribution >= 4 is 27.5 Å². The third kappa shape index (κ3) is 8.29. The fourth-order valence-corrected chi connectivity index (χ4v) is 5.69. The highest BCUT2D eigenvalue weighted by molar-refractivity contribution is 7.92. The molecular formula is C31H38FN3O5S. The van der Waals surface area contributed by atoms with Crippen molar-refractivity contribution in [3.05, 3.63) is 89.7 Å². The van der Waals surface area contributed by atoms with Crippen LogP contribution in [0.2, 0.25) is 0 Å². The van der Waals surface area contributed by atoms with Crippen molar-refractivity contribution in [1.82, 2.24) is 10.2 Å². The fraction of sp³-hybridized carbons (Fsp3) is 0.355. The molecule has 41 heavy (non-hydrogen) atoms. The zero-order valence-electron chi connectivity index (χ0n) is 24.3. The minimum atomic E-state index is -4.27. The molecule has 0 aromatic heterocycles. The maximum Gasteiger partial charge on any atom is 0.264 e. The number of rotatable bonds is 11. The van der Waals surface area contributed by atoms with Crippen molar-refractivity contribution in [3.8, 4) is 5.75 Å². The van der Waals surface area contributed by atoms with Crippen LogP contribution < -0.4 is 14.4 Å². The summed E-state index contributed by atoms with van der Waals surface area (Å²) in [6.45, 7) is 8.78. The van der Waals surface area contributed by atoms with Crippen LogP contribution in [0.4, 0.5) is 10.1 Å². The molecule has 0 aliphatic rings. The maximum absolute atomic E-state index is 14.1. The highest BCUT2D eigenvalue weighted by Gasteiger charge is 2.34. The Morgan fingerprint density at radius 1 is 0.951 bits per heavy atom. The Kier molecular flexibility index (Phi) is 10.1. The lowest BCUT2D eigenvalue weighted by atomic mass is 10.1. The van der Waals surface area contributed by atoms with Gasteiger partial charge >= 0.3 is 0 Å². The number of sulfonamides is 1. The smallest absolute Gasteiger partial charge is 0.264 e. The Labute approximate surface area is 242 Å². The first-order valence-corrected chi connectivity index (χ1v) is 14.8. The van der Waals surface area contributed by atoms with Crippen LogP contribution in [0.1, 0.15) is 45.2 Å². The molecule has 3 aromatic rings. The van der Waals surface area contributed by atoms with E-state index >= 15 is 0 Å². The van der Waals surface area contributed by atoms with Gasteiger partial charge in [-0.15, -0.1) is 0 Å². The average Bonchev–Trinajstić information content (AvgIpc) is 2.92. The number of methoxy groups -OCH3 is 1. The van der Waals surface area contributed by atoms with Gasteiger partial charge in [-0.1, -0.05) is 36.8 Å². The molecule has 0 aliphatic heterocycles. The molecule has 0 bridgehead atoms. The maximum atomic E-state index is 14.1. The lowest BCUT2D eigenvalue weighted by Crippen LogP contribution is -2.55. The van der Waals surface area contributed by atoms with Crippen molar-refractivity contribution in [3.63, 3.8) is 0 Å². The Bertz CT molecular complexity index is 1440. The number of benzene rings is 3. The zero-order chi connectivity index (χ0) is 30.4. The number of hydrogen-bond donors (Lipinski definition) is 1. The summed E-state index contributed by atoms with van der Waals surface area (Å²) in [4.78, 5) is 28.8. The molecule has 0 unspecified atom stereocenters. The lowest BCUT2D eigenvalue weighted by Gasteiger charge is -2.34. The van der Waals surface area contributed by atoms with Gasteiger partial charge in [-0.05, 0) is 88.2 Å². The third-order valence-electron chi connectivity index (χ3n) is 6.40. The van der Waals surface area contributed by atoms with Crippen LogP contribution in [0.5, 0.6) is 5.75 Å². The molecule has 0 spiro atoms. The van der Waals surface area contributed by atoms with E-state index in [1.807, 2.05) is 52.0 Å². The largest absolute Gasteiger partial charge is 0.497 e. The van der Waals surface area contributed by atoms with E-state index in [1.54, 1.807) is 6.92 Å². The first-order valence-electron chi connectivity index (χ1n) is 13.3. The van der Waals surface area contributed by atoms with Crippen LogP contribution in [0.15, 0.2) is 77.7 Å². The molecule has 1 N–H and O–H groups in total. The van der Waals surface area contributed by atoms with Crippen LogP contribution in [0, 0.1) is 12.7 Å². The number of ether oxygens (including phenoxy) is 1. The molecule has 1 atom stereocenters. The van der Waals surface area contributed by atoms with Gasteiger partial charge in [-0.3, -0.25) is 13.9 Å². The normalized spacial score (nSPS) is 12.4. The van der Waals surface area contributed by atoms with Crippen molar-refractivity contribution in [2.24, 2.45) is 0 Å². The number of amides is 2. The van der Waals surface area contributed by atoms with E-state index in [-0.39, 0.29) is 23.0 Å². The quantitative estimate of drug-likeness (QED) is 0.341. The SMILES string of the molecule is CC[C@H](C(=O)NC(C)(C)C)N(Cc1ccc(C)cc1)C(=O)CN(c1ccc(F)cc1)S(=O)(=O)c1ccc(OC)cc1. The van der Waals surface area contributed by atoms with E-state index in [0.717, 1.165) is 27.6 Å². The Balaban J connectivity index is 2.06. The number of nitrogens with one attached hydrogen (secondary N) is 1. The van der Waals surface area contributed by atoms with Gasteiger partial charge in [0.2, 0.25) is 11.8 Å². The molecule has 3 rings (SSSR count). The molecule has 0 saturated heterocycles. The zero-order valence-corrected chi connectivity index (χ0v) is 25.2. The highest BCUT2D eigenvalue weighted by atomic mass is 32.2. The molecule has 0 aliphatic carbocycles. The summed E-state index contributed by atoms with van der Waals surface area (Å²) in [5, 5.41) is 2.94. The molecule has 0 heterocycles. The van der Waals surface area contributed by atoms with Crippen LogP contribution in [-0.4, -0.2) is 50.4 Å². The second-order valence-electron chi connectivity index (χ2n) is 10.8. The van der Waals surface area contributed by atoms with E-state index in [2.05, 4.69) is 5.32 Å². The number of nitrogens with zero attached hydrogens (tertiary/aromatic N) is 2. The van der Waals surface area contributed by atoms with Crippen LogP contribution in [-0.2, 0) is 26.2 Å². The molecule has 0 fully saturated rings. The monoisotopic (exact) mass is 583 g/mol. The second-order valence-corrected chi connectivity index (χ2v) is 12.7. The fourth-order valence-electron chi connectivity index (χ4n) is 4.27. The first-order chi connectivity index (χ1) is 19.2. The van der Waals surface area contributed by atoms with Gasteiger partial charge in [0.25, 0.3) is 10.0 Å². The van der Waals surface area contributed by atoms with Gasteiger partial charge in [0.15, 0.2) is 0 Å². The van der Waals surface area contributed by atoms with Gasteiger partial charge in [0.05, 0.1) is 17.7 Å². The Hall–Kier alpha value is -3.92. The topological polar surface area (TPSA) is 96.0 Å². The molecule has 8 nitrogen and oxygen atoms in total. The van der Waals surface area contributed by atoms with E-state index in [1.165, 1.54) is 48.4 Å². The minimum absolute atomic E-state index is 0.0713. The predicted octanol–water partition coefficient (Wildman–Crippen LogP) is 5.06. The lowest BCUT2D eigenvalue weighted by molar-refractivity contribution is -0.141. The summed E-state index contributed by atoms with van der Waals surface area (Å²) in [7, 11) is -2.81. The Morgan fingerprint density at radius 2 is 1.54 bits per heavy atom. The van der Waals surface area contributed by atoms with Crippen molar-refractivity contribution in [1.29, 1.82) is 0 Å². The van der Waals surface area contributed by atoms with E-state index in [4.69, 9.17) is 4.74 Å². The molecule has 220 valence electrons. The standard InChI is InChI=1S/C31H38FN3O5S/c1-7-28(30(37)33-31(3,4)5)34(20-23-10-8-22(2)9-11-23)29(36)21-35(25-14-12-24(32)13-15-25)41(38,39)27-18-16-26(40-6)17-19-27/h8-19,28H,7,20-21H2,1-6H3,(H,33,37)/t28-/m1/s1. The minimum Gasteiger partial charge on any atom is -0.497 e. The number of anilines is 1.